The summed E-state index contributed by atoms with van der Waals surface area (Å²) in [4.78, 5) is 24.9. The number of carbonyl (C=O) groups excluding carboxylic acids is 1. The summed E-state index contributed by atoms with van der Waals surface area (Å²) >= 11 is 0. The Morgan fingerprint density at radius 3 is 2.54 bits per heavy atom. The lowest BCUT2D eigenvalue weighted by Gasteiger charge is -2.12. The SMILES string of the molecule is Cc1nn(-c2ccccc2)c(C)c1/C=C/C(=O)N1CCC(C(=O)O)C1.Cl. The Bertz CT molecular complexity index is 830. The maximum atomic E-state index is 12.3. The zero-order valence-corrected chi connectivity index (χ0v) is 15.6. The summed E-state index contributed by atoms with van der Waals surface area (Å²) < 4.78 is 1.86. The summed E-state index contributed by atoms with van der Waals surface area (Å²) in [6.07, 6.45) is 3.79. The van der Waals surface area contributed by atoms with Gasteiger partial charge in [-0.3, -0.25) is 9.59 Å². The zero-order chi connectivity index (χ0) is 18.0. The number of nitrogens with zero attached hydrogens (tertiary/aromatic N) is 3. The number of amides is 1. The molecule has 0 radical (unpaired) electrons. The molecule has 0 aliphatic carbocycles. The molecule has 2 aromatic rings. The third-order valence-electron chi connectivity index (χ3n) is 4.59. The van der Waals surface area contributed by atoms with Crippen molar-refractivity contribution in [1.82, 2.24) is 14.7 Å². The summed E-state index contributed by atoms with van der Waals surface area (Å²) in [6.45, 7) is 4.64. The van der Waals surface area contributed by atoms with Gasteiger partial charge in [-0.1, -0.05) is 18.2 Å². The van der Waals surface area contributed by atoms with Crippen LogP contribution >= 0.6 is 12.4 Å². The van der Waals surface area contributed by atoms with Crippen molar-refractivity contribution >= 4 is 30.4 Å². The Morgan fingerprint density at radius 2 is 1.92 bits per heavy atom. The normalized spacial score (nSPS) is 16.7. The largest absolute Gasteiger partial charge is 0.481 e. The standard InChI is InChI=1S/C19H21N3O3.ClH/c1-13-17(14(2)22(20-13)16-6-4-3-5-7-16)8-9-18(23)21-11-10-15(12-21)19(24)25;/h3-9,15H,10-12H2,1-2H3,(H,24,25);1H/b9-8+;. The first-order chi connectivity index (χ1) is 12.0. The van der Waals surface area contributed by atoms with Crippen molar-refractivity contribution in [1.29, 1.82) is 0 Å². The molecule has 0 spiro atoms. The van der Waals surface area contributed by atoms with Crippen LogP contribution in [-0.2, 0) is 9.59 Å². The fourth-order valence-corrected chi connectivity index (χ4v) is 3.14. The van der Waals surface area contributed by atoms with Gasteiger partial charge in [-0.15, -0.1) is 12.4 Å². The average Bonchev–Trinajstić information content (AvgIpc) is 3.20. The molecule has 1 amide bonds. The van der Waals surface area contributed by atoms with Gasteiger partial charge in [0, 0.05) is 30.4 Å². The predicted molar refractivity (Wildman–Crippen MR) is 102 cm³/mol. The van der Waals surface area contributed by atoms with E-state index in [0.717, 1.165) is 22.6 Å². The van der Waals surface area contributed by atoms with Crippen LogP contribution < -0.4 is 0 Å². The number of carbonyl (C=O) groups is 2. The molecule has 1 unspecified atom stereocenters. The van der Waals surface area contributed by atoms with Gasteiger partial charge < -0.3 is 10.0 Å². The van der Waals surface area contributed by atoms with Gasteiger partial charge in [0.05, 0.1) is 17.3 Å². The van der Waals surface area contributed by atoms with Gasteiger partial charge in [-0.25, -0.2) is 4.68 Å². The lowest BCUT2D eigenvalue weighted by atomic mass is 10.1. The highest BCUT2D eigenvalue weighted by atomic mass is 35.5. The van der Waals surface area contributed by atoms with Crippen molar-refractivity contribution in [3.05, 3.63) is 53.4 Å². The number of halogens is 1. The van der Waals surface area contributed by atoms with E-state index in [0.29, 0.717) is 13.0 Å². The molecule has 1 aliphatic heterocycles. The fourth-order valence-electron chi connectivity index (χ4n) is 3.14. The van der Waals surface area contributed by atoms with E-state index >= 15 is 0 Å². The van der Waals surface area contributed by atoms with E-state index in [9.17, 15) is 9.59 Å². The number of carboxylic acid groups (broad SMARTS) is 1. The summed E-state index contributed by atoms with van der Waals surface area (Å²) in [6, 6.07) is 9.83. The van der Waals surface area contributed by atoms with Gasteiger partial charge in [-0.2, -0.15) is 5.10 Å². The number of para-hydroxylation sites is 1. The van der Waals surface area contributed by atoms with E-state index in [4.69, 9.17) is 5.11 Å². The Hall–Kier alpha value is -2.60. The summed E-state index contributed by atoms with van der Waals surface area (Å²) in [5.74, 6) is -1.45. The van der Waals surface area contributed by atoms with Crippen LogP contribution in [0, 0.1) is 19.8 Å². The van der Waals surface area contributed by atoms with Crippen LogP contribution in [0.25, 0.3) is 11.8 Å². The quantitative estimate of drug-likeness (QED) is 0.834. The lowest BCUT2D eigenvalue weighted by Crippen LogP contribution is -2.28. The van der Waals surface area contributed by atoms with Gasteiger partial charge in [-0.05, 0) is 38.5 Å². The molecule has 0 bridgehead atoms. The number of hydrogen-bond donors (Lipinski definition) is 1. The fraction of sp³-hybridized carbons (Fsp3) is 0.316. The van der Waals surface area contributed by atoms with Gasteiger partial charge in [0.15, 0.2) is 0 Å². The van der Waals surface area contributed by atoms with Crippen molar-refractivity contribution in [2.45, 2.75) is 20.3 Å². The molecule has 1 aliphatic rings. The molecule has 1 atom stereocenters. The van der Waals surface area contributed by atoms with Crippen LogP contribution in [0.1, 0.15) is 23.4 Å². The molecule has 1 N–H and O–H groups in total. The molecule has 26 heavy (non-hydrogen) atoms. The lowest BCUT2D eigenvalue weighted by molar-refractivity contribution is -0.141. The molecule has 1 aromatic carbocycles. The predicted octanol–water partition coefficient (Wildman–Crippen LogP) is 2.86. The second kappa shape index (κ2) is 8.19. The second-order valence-electron chi connectivity index (χ2n) is 6.27. The maximum absolute atomic E-state index is 12.3. The molecule has 2 heterocycles. The first-order valence-corrected chi connectivity index (χ1v) is 8.29. The molecule has 7 heteroatoms. The highest BCUT2D eigenvalue weighted by Crippen LogP contribution is 2.20. The number of benzene rings is 1. The van der Waals surface area contributed by atoms with E-state index in [-0.39, 0.29) is 24.9 Å². The molecule has 1 aromatic heterocycles. The van der Waals surface area contributed by atoms with E-state index < -0.39 is 11.9 Å². The topological polar surface area (TPSA) is 75.4 Å². The van der Waals surface area contributed by atoms with Crippen LogP contribution in [0.5, 0.6) is 0 Å². The molecule has 1 saturated heterocycles. The summed E-state index contributed by atoms with van der Waals surface area (Å²) in [5.41, 5.74) is 3.68. The molecule has 138 valence electrons. The number of aromatic nitrogens is 2. The minimum Gasteiger partial charge on any atom is -0.481 e. The minimum atomic E-state index is -0.838. The highest BCUT2D eigenvalue weighted by Gasteiger charge is 2.29. The molecular weight excluding hydrogens is 354 g/mol. The van der Waals surface area contributed by atoms with Crippen molar-refractivity contribution < 1.29 is 14.7 Å². The van der Waals surface area contributed by atoms with Gasteiger partial charge in [0.2, 0.25) is 5.91 Å². The van der Waals surface area contributed by atoms with Crippen LogP contribution in [-0.4, -0.2) is 44.8 Å². The zero-order valence-electron chi connectivity index (χ0n) is 14.8. The molecule has 0 saturated carbocycles. The van der Waals surface area contributed by atoms with Crippen LogP contribution in [0.2, 0.25) is 0 Å². The van der Waals surface area contributed by atoms with Crippen molar-refractivity contribution in [2.75, 3.05) is 13.1 Å². The number of carboxylic acids is 1. The summed E-state index contributed by atoms with van der Waals surface area (Å²) in [7, 11) is 0. The minimum absolute atomic E-state index is 0. The third-order valence-corrected chi connectivity index (χ3v) is 4.59. The van der Waals surface area contributed by atoms with Gasteiger partial charge in [0.25, 0.3) is 0 Å². The van der Waals surface area contributed by atoms with Crippen molar-refractivity contribution in [2.24, 2.45) is 5.92 Å². The highest BCUT2D eigenvalue weighted by molar-refractivity contribution is 5.92. The number of aryl methyl sites for hydroxylation is 1. The Labute approximate surface area is 158 Å². The van der Waals surface area contributed by atoms with Crippen molar-refractivity contribution in [3.8, 4) is 5.69 Å². The molecular formula is C19H22ClN3O3. The first-order valence-electron chi connectivity index (χ1n) is 8.29. The maximum Gasteiger partial charge on any atom is 0.308 e. The molecule has 1 fully saturated rings. The Morgan fingerprint density at radius 1 is 1.23 bits per heavy atom. The van der Waals surface area contributed by atoms with Crippen molar-refractivity contribution in [3.63, 3.8) is 0 Å². The molecule has 6 nitrogen and oxygen atoms in total. The molecule has 3 rings (SSSR count). The number of hydrogen-bond acceptors (Lipinski definition) is 3. The smallest absolute Gasteiger partial charge is 0.308 e. The number of aliphatic carboxylic acids is 1. The van der Waals surface area contributed by atoms with E-state index in [2.05, 4.69) is 5.10 Å². The Balaban J connectivity index is 0.00000243. The second-order valence-corrected chi connectivity index (χ2v) is 6.27. The summed E-state index contributed by atoms with van der Waals surface area (Å²) in [5, 5.41) is 13.6. The Kier molecular flexibility index (Phi) is 6.21. The van der Waals surface area contributed by atoms with E-state index in [1.807, 2.05) is 48.9 Å². The number of rotatable bonds is 4. The van der Waals surface area contributed by atoms with Crippen LogP contribution in [0.4, 0.5) is 0 Å². The van der Waals surface area contributed by atoms with E-state index in [1.54, 1.807) is 11.0 Å². The van der Waals surface area contributed by atoms with Crippen LogP contribution in [0.15, 0.2) is 36.4 Å². The average molecular weight is 376 g/mol. The number of likely N-dealkylation sites (tertiary alicyclic amines) is 1. The van der Waals surface area contributed by atoms with Gasteiger partial charge >= 0.3 is 5.97 Å². The van der Waals surface area contributed by atoms with Gasteiger partial charge in [0.1, 0.15) is 0 Å². The third kappa shape index (κ3) is 3.96. The van der Waals surface area contributed by atoms with Crippen LogP contribution in [0.3, 0.4) is 0 Å². The van der Waals surface area contributed by atoms with E-state index in [1.165, 1.54) is 6.08 Å². The monoisotopic (exact) mass is 375 g/mol. The first kappa shape index (κ1) is 19.7.